The van der Waals surface area contributed by atoms with E-state index < -0.39 is 0 Å². The van der Waals surface area contributed by atoms with Crippen molar-refractivity contribution in [1.82, 2.24) is 8.96 Å². The minimum absolute atomic E-state index is 0.147. The lowest BCUT2D eigenvalue weighted by molar-refractivity contribution is 0.670. The van der Waals surface area contributed by atoms with Crippen LogP contribution in [0.5, 0.6) is 0 Å². The molecule has 0 saturated heterocycles. The molecule has 0 saturated carbocycles. The SMILES string of the molecule is c1ccc2cc(N3c4cc5ccccc5cc4B4c5c3cc3c(oc6cc(-c7ccc8c9cccc%10c9n(c8c7)B7c8ccc9ccccc9c8N(c8cccc9ccccc89)c8cc9c(oc%11ccccc%119)c-%10c87)ccc63)c5-c3cccc5c6ccccc6n4c35)ccc2c1. The van der Waals surface area contributed by atoms with Gasteiger partial charge in [0.1, 0.15) is 22.3 Å². The molecule has 8 heteroatoms. The van der Waals surface area contributed by atoms with Crippen molar-refractivity contribution >= 4 is 200 Å². The number of anilines is 6. The van der Waals surface area contributed by atoms with Gasteiger partial charge in [-0.15, -0.1) is 0 Å². The molecule has 0 amide bonds. The fourth-order valence-electron chi connectivity index (χ4n) is 18.4. The van der Waals surface area contributed by atoms with Crippen LogP contribution in [0, 0.1) is 0 Å². The quantitative estimate of drug-likeness (QED) is 0.165. The van der Waals surface area contributed by atoms with Crippen molar-refractivity contribution in [2.24, 2.45) is 0 Å². The monoisotopic (exact) mass is 1210 g/mol. The Morgan fingerprint density at radius 1 is 0.271 bits per heavy atom. The van der Waals surface area contributed by atoms with Crippen molar-refractivity contribution in [3.8, 4) is 33.4 Å². The first-order chi connectivity index (χ1) is 47.6. The Bertz CT molecular complexity index is 7020. The molecule has 20 aromatic rings. The first kappa shape index (κ1) is 50.1. The molecule has 438 valence electrons. The summed E-state index contributed by atoms with van der Waals surface area (Å²) in [5.41, 5.74) is 27.3. The van der Waals surface area contributed by atoms with Gasteiger partial charge in [0.2, 0.25) is 0 Å². The molecular formula is C88H48B2N4O2. The highest BCUT2D eigenvalue weighted by atomic mass is 16.3. The first-order valence-electron chi connectivity index (χ1n) is 33.4. The van der Waals surface area contributed by atoms with Crippen LogP contribution in [0.4, 0.5) is 34.1 Å². The Hall–Kier alpha value is -12.5. The second-order valence-corrected chi connectivity index (χ2v) is 26.9. The number of nitrogens with zero attached hydrogens (tertiary/aromatic N) is 4. The van der Waals surface area contributed by atoms with Gasteiger partial charge in [0.15, 0.2) is 0 Å². The van der Waals surface area contributed by atoms with Gasteiger partial charge in [-0.05, 0) is 132 Å². The summed E-state index contributed by atoms with van der Waals surface area (Å²) in [6, 6.07) is 109. The normalized spacial score (nSPS) is 13.5. The lowest BCUT2D eigenvalue weighted by Gasteiger charge is -2.41. The maximum Gasteiger partial charge on any atom is 0.333 e. The Kier molecular flexibility index (Phi) is 9.28. The number of aromatic nitrogens is 2. The number of hydrogen-bond acceptors (Lipinski definition) is 4. The standard InChI is InChI=1S/C88H48B2N4O2/c1-2-19-52-42-57(38-34-49(52)16-1)91-75-45-54-21-4-3-20-53(54)43-71(75)90-82-76(91)47-69-63-40-36-56(46-79(63)96-88(69)80(82)66-29-14-27-64-60-25-9-11-31-73(60)93(90)84(64)66)55-35-39-61-65-28-15-30-67-81-83-77(48-68-62-26-10-12-33-78(62)95-87(68)81)92(72-32-13-22-50-17-5-7-23-58(50)72)86-59-24-8-6-18-51(59)37-41-70(86)89(83)94(85(65)67)74(61)44-55/h1-48H. The van der Waals surface area contributed by atoms with Crippen molar-refractivity contribution in [3.05, 3.63) is 291 Å². The number of rotatable bonds is 3. The van der Waals surface area contributed by atoms with E-state index in [1.54, 1.807) is 0 Å². The minimum Gasteiger partial charge on any atom is -0.455 e. The number of furan rings is 2. The number of benzene rings is 16. The Labute approximate surface area is 549 Å². The van der Waals surface area contributed by atoms with Crippen molar-refractivity contribution in [2.75, 3.05) is 9.80 Å². The lowest BCUT2D eigenvalue weighted by atomic mass is 9.44. The van der Waals surface area contributed by atoms with Crippen molar-refractivity contribution in [3.63, 3.8) is 0 Å². The van der Waals surface area contributed by atoms with Gasteiger partial charge < -0.3 is 27.6 Å². The third-order valence-electron chi connectivity index (χ3n) is 22.3. The molecule has 96 heavy (non-hydrogen) atoms. The molecule has 0 unspecified atom stereocenters. The Morgan fingerprint density at radius 3 is 1.55 bits per heavy atom. The molecule has 8 heterocycles. The van der Waals surface area contributed by atoms with E-state index in [4.69, 9.17) is 8.83 Å². The molecular weight excluding hydrogens is 1170 g/mol. The van der Waals surface area contributed by atoms with Crippen LogP contribution in [-0.2, 0) is 0 Å². The van der Waals surface area contributed by atoms with Gasteiger partial charge >= 0.3 is 13.7 Å². The van der Waals surface area contributed by atoms with Crippen molar-refractivity contribution < 1.29 is 8.83 Å². The fourth-order valence-corrected chi connectivity index (χ4v) is 18.4. The second-order valence-electron chi connectivity index (χ2n) is 26.9. The zero-order valence-corrected chi connectivity index (χ0v) is 51.5. The average Bonchev–Trinajstić information content (AvgIpc) is 1.37. The zero-order valence-electron chi connectivity index (χ0n) is 51.5. The van der Waals surface area contributed by atoms with E-state index in [1.165, 1.54) is 131 Å². The molecule has 4 aliphatic rings. The largest absolute Gasteiger partial charge is 0.455 e. The highest BCUT2D eigenvalue weighted by Gasteiger charge is 2.47. The maximum atomic E-state index is 7.62. The van der Waals surface area contributed by atoms with Crippen molar-refractivity contribution in [2.45, 2.75) is 0 Å². The minimum atomic E-state index is -0.213. The molecule has 4 aromatic heterocycles. The number of para-hydroxylation sites is 4. The molecule has 0 radical (unpaired) electrons. The summed E-state index contributed by atoms with van der Waals surface area (Å²) in [6.45, 7) is -0.360. The molecule has 4 aliphatic heterocycles. The van der Waals surface area contributed by atoms with E-state index in [1.807, 2.05) is 0 Å². The van der Waals surface area contributed by atoms with Crippen LogP contribution in [0.15, 0.2) is 300 Å². The summed E-state index contributed by atoms with van der Waals surface area (Å²) in [5, 5.41) is 19.0. The molecule has 0 spiro atoms. The fraction of sp³-hybridized carbons (Fsp3) is 0. The van der Waals surface area contributed by atoms with E-state index in [0.29, 0.717) is 0 Å². The van der Waals surface area contributed by atoms with Gasteiger partial charge in [-0.1, -0.05) is 224 Å². The van der Waals surface area contributed by atoms with Gasteiger partial charge in [-0.3, -0.25) is 0 Å². The van der Waals surface area contributed by atoms with Crippen LogP contribution in [0.25, 0.3) is 164 Å². The predicted molar refractivity (Wildman–Crippen MR) is 404 cm³/mol. The van der Waals surface area contributed by atoms with Crippen LogP contribution in [-0.4, -0.2) is 22.7 Å². The van der Waals surface area contributed by atoms with E-state index in [2.05, 4.69) is 310 Å². The summed E-state index contributed by atoms with van der Waals surface area (Å²) in [6.07, 6.45) is 0. The smallest absolute Gasteiger partial charge is 0.333 e. The second kappa shape index (κ2) is 17.8. The molecule has 6 nitrogen and oxygen atoms in total. The molecule has 0 fully saturated rings. The summed E-state index contributed by atoms with van der Waals surface area (Å²) < 4.78 is 20.1. The molecule has 16 aromatic carbocycles. The topological polar surface area (TPSA) is 42.6 Å². The van der Waals surface area contributed by atoms with Crippen molar-refractivity contribution in [1.29, 1.82) is 0 Å². The van der Waals surface area contributed by atoms with Gasteiger partial charge in [-0.2, -0.15) is 0 Å². The lowest BCUT2D eigenvalue weighted by Crippen LogP contribution is -2.56. The molecule has 0 aliphatic carbocycles. The van der Waals surface area contributed by atoms with Crippen LogP contribution >= 0.6 is 0 Å². The van der Waals surface area contributed by atoms with Gasteiger partial charge in [0, 0.05) is 121 Å². The predicted octanol–water partition coefficient (Wildman–Crippen LogP) is 20.8. The van der Waals surface area contributed by atoms with Crippen LogP contribution in [0.1, 0.15) is 0 Å². The van der Waals surface area contributed by atoms with E-state index in [0.717, 1.165) is 88.9 Å². The Balaban J connectivity index is 0.762. The third-order valence-corrected chi connectivity index (χ3v) is 22.3. The molecule has 0 N–H and O–H groups in total. The molecule has 0 bridgehead atoms. The maximum absolute atomic E-state index is 7.62. The van der Waals surface area contributed by atoms with E-state index in [9.17, 15) is 0 Å². The summed E-state index contributed by atoms with van der Waals surface area (Å²) in [5.74, 6) is 0. The Morgan fingerprint density at radius 2 is 0.792 bits per heavy atom. The first-order valence-corrected chi connectivity index (χ1v) is 33.4. The van der Waals surface area contributed by atoms with Gasteiger partial charge in [0.05, 0.1) is 11.4 Å². The van der Waals surface area contributed by atoms with Gasteiger partial charge in [0.25, 0.3) is 0 Å². The number of hydrogen-bond donors (Lipinski definition) is 0. The highest BCUT2D eigenvalue weighted by Crippen LogP contribution is 2.54. The summed E-state index contributed by atoms with van der Waals surface area (Å²) in [4.78, 5) is 5.14. The third kappa shape index (κ3) is 6.21. The molecule has 0 atom stereocenters. The summed E-state index contributed by atoms with van der Waals surface area (Å²) >= 11 is 0. The van der Waals surface area contributed by atoms with Crippen LogP contribution in [0.3, 0.4) is 0 Å². The molecule has 24 rings (SSSR count). The summed E-state index contributed by atoms with van der Waals surface area (Å²) in [7, 11) is 0. The number of fused-ring (bicyclic) bond motifs is 27. The van der Waals surface area contributed by atoms with Crippen LogP contribution < -0.4 is 31.7 Å². The van der Waals surface area contributed by atoms with E-state index >= 15 is 0 Å². The zero-order chi connectivity index (χ0) is 61.9. The van der Waals surface area contributed by atoms with Crippen LogP contribution in [0.2, 0.25) is 0 Å². The van der Waals surface area contributed by atoms with Gasteiger partial charge in [-0.25, -0.2) is 0 Å². The highest BCUT2D eigenvalue weighted by molar-refractivity contribution is 6.91. The average molecular weight is 1220 g/mol. The van der Waals surface area contributed by atoms with E-state index in [-0.39, 0.29) is 13.7 Å².